The summed E-state index contributed by atoms with van der Waals surface area (Å²) in [5.41, 5.74) is 1.51. The number of aromatic hydroxyl groups is 1. The topological polar surface area (TPSA) is 52.5 Å². The highest BCUT2D eigenvalue weighted by Gasteiger charge is 2.00. The molecular formula is C11H17NO2. The van der Waals surface area contributed by atoms with E-state index in [0.29, 0.717) is 5.56 Å². The largest absolute Gasteiger partial charge is 0.508 e. The Balaban J connectivity index is 2.60. The average molecular weight is 195 g/mol. The summed E-state index contributed by atoms with van der Waals surface area (Å²) in [5, 5.41) is 21.5. The maximum Gasteiger partial charge on any atom is 0.121 e. The zero-order chi connectivity index (χ0) is 10.4. The van der Waals surface area contributed by atoms with Gasteiger partial charge in [0.2, 0.25) is 0 Å². The van der Waals surface area contributed by atoms with Gasteiger partial charge in [-0.05, 0) is 24.6 Å². The van der Waals surface area contributed by atoms with Gasteiger partial charge in [-0.25, -0.2) is 0 Å². The summed E-state index contributed by atoms with van der Waals surface area (Å²) in [4.78, 5) is 0. The molecule has 3 heteroatoms. The molecule has 0 aliphatic rings. The average Bonchev–Trinajstić information content (AvgIpc) is 2.21. The normalized spacial score (nSPS) is 10.1. The fourth-order valence-electron chi connectivity index (χ4n) is 1.23. The molecule has 0 spiro atoms. The van der Waals surface area contributed by atoms with Crippen LogP contribution in [0.3, 0.4) is 0 Å². The van der Waals surface area contributed by atoms with E-state index in [1.165, 1.54) is 0 Å². The standard InChI is InChI=1S/C11H17NO2/c1-2-3-6-12-10-4-5-11(14)9(7-10)8-13/h4-5,7,12-14H,2-3,6,8H2,1H3. The molecule has 0 radical (unpaired) electrons. The van der Waals surface area contributed by atoms with E-state index in [-0.39, 0.29) is 12.4 Å². The van der Waals surface area contributed by atoms with E-state index in [1.54, 1.807) is 12.1 Å². The van der Waals surface area contributed by atoms with Crippen molar-refractivity contribution >= 4 is 5.69 Å². The molecule has 0 saturated heterocycles. The van der Waals surface area contributed by atoms with Crippen molar-refractivity contribution in [1.82, 2.24) is 0 Å². The minimum Gasteiger partial charge on any atom is -0.508 e. The number of benzene rings is 1. The van der Waals surface area contributed by atoms with Crippen molar-refractivity contribution in [1.29, 1.82) is 0 Å². The van der Waals surface area contributed by atoms with Crippen LogP contribution in [0.4, 0.5) is 5.69 Å². The van der Waals surface area contributed by atoms with E-state index < -0.39 is 0 Å². The molecule has 0 fully saturated rings. The minimum atomic E-state index is -0.130. The lowest BCUT2D eigenvalue weighted by Gasteiger charge is -2.07. The molecule has 0 aliphatic heterocycles. The van der Waals surface area contributed by atoms with E-state index in [4.69, 9.17) is 5.11 Å². The summed E-state index contributed by atoms with van der Waals surface area (Å²) in [6.45, 7) is 2.93. The van der Waals surface area contributed by atoms with E-state index in [2.05, 4.69) is 12.2 Å². The number of hydrogen-bond donors (Lipinski definition) is 3. The van der Waals surface area contributed by atoms with E-state index in [0.717, 1.165) is 25.1 Å². The van der Waals surface area contributed by atoms with Crippen LogP contribution in [-0.4, -0.2) is 16.8 Å². The molecule has 0 bridgehead atoms. The van der Waals surface area contributed by atoms with Gasteiger partial charge in [-0.1, -0.05) is 13.3 Å². The Morgan fingerprint density at radius 1 is 1.36 bits per heavy atom. The van der Waals surface area contributed by atoms with Crippen LogP contribution in [-0.2, 0) is 6.61 Å². The number of rotatable bonds is 5. The van der Waals surface area contributed by atoms with Gasteiger partial charge in [0.25, 0.3) is 0 Å². The molecule has 0 saturated carbocycles. The molecule has 0 amide bonds. The lowest BCUT2D eigenvalue weighted by atomic mass is 10.2. The van der Waals surface area contributed by atoms with Gasteiger partial charge >= 0.3 is 0 Å². The predicted molar refractivity (Wildman–Crippen MR) is 57.4 cm³/mol. The second-order valence-electron chi connectivity index (χ2n) is 3.28. The highest BCUT2D eigenvalue weighted by molar-refractivity contribution is 5.50. The first kappa shape index (κ1) is 10.9. The molecular weight excluding hydrogens is 178 g/mol. The second-order valence-corrected chi connectivity index (χ2v) is 3.28. The molecule has 3 N–H and O–H groups in total. The van der Waals surface area contributed by atoms with Crippen molar-refractivity contribution in [2.24, 2.45) is 0 Å². The van der Waals surface area contributed by atoms with Crippen LogP contribution in [0.15, 0.2) is 18.2 Å². The maximum absolute atomic E-state index is 9.32. The second kappa shape index (κ2) is 5.50. The first-order valence-electron chi connectivity index (χ1n) is 4.94. The lowest BCUT2D eigenvalue weighted by molar-refractivity contribution is 0.275. The quantitative estimate of drug-likeness (QED) is 0.498. The monoisotopic (exact) mass is 195 g/mol. The van der Waals surface area contributed by atoms with Crippen molar-refractivity contribution in [3.63, 3.8) is 0 Å². The van der Waals surface area contributed by atoms with Gasteiger partial charge in [0, 0.05) is 17.8 Å². The van der Waals surface area contributed by atoms with Crippen molar-refractivity contribution in [3.05, 3.63) is 23.8 Å². The molecule has 0 unspecified atom stereocenters. The molecule has 78 valence electrons. The zero-order valence-corrected chi connectivity index (χ0v) is 8.45. The number of aliphatic hydroxyl groups is 1. The van der Waals surface area contributed by atoms with E-state index in [9.17, 15) is 5.11 Å². The summed E-state index contributed by atoms with van der Waals surface area (Å²) < 4.78 is 0. The Labute approximate surface area is 84.4 Å². The fraction of sp³-hybridized carbons (Fsp3) is 0.455. The Morgan fingerprint density at radius 3 is 2.79 bits per heavy atom. The van der Waals surface area contributed by atoms with Crippen LogP contribution >= 0.6 is 0 Å². The maximum atomic E-state index is 9.32. The molecule has 3 nitrogen and oxygen atoms in total. The third-order valence-corrected chi connectivity index (χ3v) is 2.11. The van der Waals surface area contributed by atoms with Crippen LogP contribution in [0, 0.1) is 0 Å². The summed E-state index contributed by atoms with van der Waals surface area (Å²) in [6, 6.07) is 5.18. The molecule has 1 rings (SSSR count). The van der Waals surface area contributed by atoms with Crippen LogP contribution in [0.25, 0.3) is 0 Å². The van der Waals surface area contributed by atoms with Crippen LogP contribution in [0.2, 0.25) is 0 Å². The van der Waals surface area contributed by atoms with E-state index in [1.807, 2.05) is 6.07 Å². The number of unbranched alkanes of at least 4 members (excludes halogenated alkanes) is 1. The lowest BCUT2D eigenvalue weighted by Crippen LogP contribution is -2.01. The first-order chi connectivity index (χ1) is 6.77. The smallest absolute Gasteiger partial charge is 0.121 e. The zero-order valence-electron chi connectivity index (χ0n) is 8.45. The minimum absolute atomic E-state index is 0.130. The van der Waals surface area contributed by atoms with Gasteiger partial charge in [0.1, 0.15) is 5.75 Å². The number of hydrogen-bond acceptors (Lipinski definition) is 3. The fourth-order valence-corrected chi connectivity index (χ4v) is 1.23. The Morgan fingerprint density at radius 2 is 2.14 bits per heavy atom. The summed E-state index contributed by atoms with van der Waals surface area (Å²) in [7, 11) is 0. The number of aliphatic hydroxyl groups excluding tert-OH is 1. The Kier molecular flexibility index (Phi) is 4.26. The summed E-state index contributed by atoms with van der Waals surface area (Å²) >= 11 is 0. The number of phenols is 1. The molecule has 0 aliphatic carbocycles. The Bertz CT molecular complexity index is 287. The number of anilines is 1. The third kappa shape index (κ3) is 2.92. The van der Waals surface area contributed by atoms with Crippen molar-refractivity contribution < 1.29 is 10.2 Å². The van der Waals surface area contributed by atoms with E-state index >= 15 is 0 Å². The first-order valence-corrected chi connectivity index (χ1v) is 4.94. The molecule has 0 aromatic heterocycles. The van der Waals surface area contributed by atoms with Crippen molar-refractivity contribution in [2.75, 3.05) is 11.9 Å². The Hall–Kier alpha value is -1.22. The summed E-state index contributed by atoms with van der Waals surface area (Å²) in [6.07, 6.45) is 2.27. The highest BCUT2D eigenvalue weighted by atomic mass is 16.3. The van der Waals surface area contributed by atoms with Crippen LogP contribution in [0.1, 0.15) is 25.3 Å². The van der Waals surface area contributed by atoms with Gasteiger partial charge in [-0.2, -0.15) is 0 Å². The van der Waals surface area contributed by atoms with Crippen molar-refractivity contribution in [2.45, 2.75) is 26.4 Å². The van der Waals surface area contributed by atoms with Gasteiger partial charge in [0.15, 0.2) is 0 Å². The molecule has 1 aromatic rings. The van der Waals surface area contributed by atoms with Crippen LogP contribution in [0.5, 0.6) is 5.75 Å². The van der Waals surface area contributed by atoms with Gasteiger partial charge in [-0.3, -0.25) is 0 Å². The summed E-state index contributed by atoms with van der Waals surface area (Å²) in [5.74, 6) is 0.147. The highest BCUT2D eigenvalue weighted by Crippen LogP contribution is 2.21. The third-order valence-electron chi connectivity index (χ3n) is 2.11. The van der Waals surface area contributed by atoms with Gasteiger partial charge in [-0.15, -0.1) is 0 Å². The number of nitrogens with one attached hydrogen (secondary N) is 1. The molecule has 0 atom stereocenters. The van der Waals surface area contributed by atoms with Gasteiger partial charge < -0.3 is 15.5 Å². The SMILES string of the molecule is CCCCNc1ccc(O)c(CO)c1. The molecule has 1 aromatic carbocycles. The molecule has 14 heavy (non-hydrogen) atoms. The van der Waals surface area contributed by atoms with Gasteiger partial charge in [0.05, 0.1) is 6.61 Å². The van der Waals surface area contributed by atoms with Crippen LogP contribution < -0.4 is 5.32 Å². The predicted octanol–water partition coefficient (Wildman–Crippen LogP) is 2.10. The molecule has 0 heterocycles. The van der Waals surface area contributed by atoms with Crippen molar-refractivity contribution in [3.8, 4) is 5.75 Å².